The molecule has 2 aromatic rings. The number of rotatable bonds is 0. The summed E-state index contributed by atoms with van der Waals surface area (Å²) in [6.45, 7) is 0. The van der Waals surface area contributed by atoms with Gasteiger partial charge in [0.15, 0.2) is 0 Å². The molecule has 0 atom stereocenters. The van der Waals surface area contributed by atoms with Crippen molar-refractivity contribution >= 4 is 32.8 Å². The van der Waals surface area contributed by atoms with Crippen molar-refractivity contribution in [3.8, 4) is 0 Å². The highest BCUT2D eigenvalue weighted by molar-refractivity contribution is 7.21. The molecule has 39 valence electrons. The molecule has 0 N–H and O–H groups in total. The van der Waals surface area contributed by atoms with E-state index in [1.165, 1.54) is 10.1 Å². The van der Waals surface area contributed by atoms with Crippen LogP contribution in [0.25, 0.3) is 10.1 Å². The second-order valence-corrected chi connectivity index (χ2v) is 3.18. The van der Waals surface area contributed by atoms with Crippen molar-refractivity contribution in [2.24, 2.45) is 0 Å². The third-order valence-corrected chi connectivity index (χ3v) is 2.75. The quantitative estimate of drug-likeness (QED) is 0.526. The summed E-state index contributed by atoms with van der Waals surface area (Å²) in [4.78, 5) is 0. The summed E-state index contributed by atoms with van der Waals surface area (Å²) in [5.74, 6) is 0. The zero-order chi connectivity index (χ0) is 5.40. The Labute approximate surface area is 55.4 Å². The van der Waals surface area contributed by atoms with Crippen molar-refractivity contribution in [2.75, 3.05) is 0 Å². The molecular weight excluding hydrogens is 136 g/mol. The van der Waals surface area contributed by atoms with Crippen LogP contribution in [-0.2, 0) is 0 Å². The van der Waals surface area contributed by atoms with Gasteiger partial charge in [0.25, 0.3) is 0 Å². The van der Waals surface area contributed by atoms with Gasteiger partial charge in [0, 0.05) is 26.9 Å². The van der Waals surface area contributed by atoms with Crippen molar-refractivity contribution in [1.82, 2.24) is 0 Å². The van der Waals surface area contributed by atoms with E-state index in [9.17, 15) is 0 Å². The van der Waals surface area contributed by atoms with Gasteiger partial charge in [-0.3, -0.25) is 0 Å². The Kier molecular flexibility index (Phi) is 0.889. The van der Waals surface area contributed by atoms with E-state index in [4.69, 9.17) is 0 Å². The predicted octanol–water partition coefficient (Wildman–Crippen LogP) is 2.76. The van der Waals surface area contributed by atoms with E-state index < -0.39 is 0 Å². The molecule has 0 amide bonds. The Morgan fingerprint density at radius 3 is 3.25 bits per heavy atom. The van der Waals surface area contributed by atoms with Crippen LogP contribution >= 0.6 is 22.7 Å². The van der Waals surface area contributed by atoms with Crippen molar-refractivity contribution in [3.05, 3.63) is 22.2 Å². The third kappa shape index (κ3) is 0.501. The lowest BCUT2D eigenvalue weighted by atomic mass is 10.4. The van der Waals surface area contributed by atoms with E-state index in [0.717, 1.165) is 0 Å². The summed E-state index contributed by atoms with van der Waals surface area (Å²) < 4.78 is 1.36. The molecule has 2 heteroatoms. The normalized spacial score (nSPS) is 10.5. The first kappa shape index (κ1) is 4.53. The highest BCUT2D eigenvalue weighted by Gasteiger charge is 1.91. The lowest BCUT2D eigenvalue weighted by Gasteiger charge is -1.63. The molecule has 0 aliphatic rings. The summed E-state index contributed by atoms with van der Waals surface area (Å²) in [5.41, 5.74) is 0. The van der Waals surface area contributed by atoms with Crippen LogP contribution in [0.2, 0.25) is 0 Å². The van der Waals surface area contributed by atoms with Crippen molar-refractivity contribution in [2.45, 2.75) is 0 Å². The highest BCUT2D eigenvalue weighted by Crippen LogP contribution is 2.23. The van der Waals surface area contributed by atoms with E-state index >= 15 is 0 Å². The SMILES string of the molecule is [c]1csc2cscc12. The second-order valence-electron chi connectivity index (χ2n) is 1.53. The van der Waals surface area contributed by atoms with Crippen molar-refractivity contribution < 1.29 is 0 Å². The minimum absolute atomic E-state index is 1.26. The molecule has 0 aliphatic heterocycles. The fraction of sp³-hybridized carbons (Fsp3) is 0. The number of fused-ring (bicyclic) bond motifs is 1. The molecule has 0 unspecified atom stereocenters. The fourth-order valence-electron chi connectivity index (χ4n) is 0.638. The third-order valence-electron chi connectivity index (χ3n) is 1.03. The summed E-state index contributed by atoms with van der Waals surface area (Å²) in [6, 6.07) is 3.13. The maximum absolute atomic E-state index is 3.13. The average molecular weight is 139 g/mol. The topological polar surface area (TPSA) is 0 Å². The Hall–Kier alpha value is -0.340. The molecule has 0 aromatic carbocycles. The fourth-order valence-corrected chi connectivity index (χ4v) is 2.31. The van der Waals surface area contributed by atoms with Gasteiger partial charge < -0.3 is 0 Å². The van der Waals surface area contributed by atoms with Crippen LogP contribution in [-0.4, -0.2) is 0 Å². The first-order chi connectivity index (χ1) is 3.97. The Bertz CT molecular complexity index is 228. The molecule has 0 aliphatic carbocycles. The second kappa shape index (κ2) is 1.57. The summed E-state index contributed by atoms with van der Waals surface area (Å²) in [7, 11) is 0. The largest absolute Gasteiger partial charge is 0.150 e. The van der Waals surface area contributed by atoms with Crippen LogP contribution in [0.1, 0.15) is 0 Å². The minimum Gasteiger partial charge on any atom is -0.150 e. The molecule has 2 heterocycles. The van der Waals surface area contributed by atoms with Crippen LogP contribution in [0, 0.1) is 6.07 Å². The molecule has 0 bridgehead atoms. The van der Waals surface area contributed by atoms with Gasteiger partial charge in [-0.1, -0.05) is 0 Å². The van der Waals surface area contributed by atoms with Crippen LogP contribution in [0.15, 0.2) is 16.1 Å². The van der Waals surface area contributed by atoms with Crippen LogP contribution in [0.3, 0.4) is 0 Å². The van der Waals surface area contributed by atoms with E-state index in [2.05, 4.69) is 16.8 Å². The predicted molar refractivity (Wildman–Crippen MR) is 38.5 cm³/mol. The van der Waals surface area contributed by atoms with Crippen LogP contribution in [0.4, 0.5) is 0 Å². The van der Waals surface area contributed by atoms with Gasteiger partial charge in [0.1, 0.15) is 0 Å². The van der Waals surface area contributed by atoms with Crippen LogP contribution in [0.5, 0.6) is 0 Å². The van der Waals surface area contributed by atoms with Crippen LogP contribution < -0.4 is 0 Å². The Morgan fingerprint density at radius 2 is 2.38 bits per heavy atom. The molecule has 0 fully saturated rings. The summed E-state index contributed by atoms with van der Waals surface area (Å²) in [5, 5.41) is 7.53. The molecule has 0 nitrogen and oxygen atoms in total. The maximum atomic E-state index is 3.13. The summed E-state index contributed by atoms with van der Waals surface area (Å²) >= 11 is 3.49. The van der Waals surface area contributed by atoms with E-state index in [1.54, 1.807) is 22.7 Å². The lowest BCUT2D eigenvalue weighted by molar-refractivity contribution is 2.13. The van der Waals surface area contributed by atoms with E-state index in [1.807, 2.05) is 5.38 Å². The highest BCUT2D eigenvalue weighted by atomic mass is 32.1. The van der Waals surface area contributed by atoms with Gasteiger partial charge in [0.2, 0.25) is 0 Å². The maximum Gasteiger partial charge on any atom is 0.0456 e. The van der Waals surface area contributed by atoms with Gasteiger partial charge in [-0.15, -0.1) is 11.3 Å². The van der Waals surface area contributed by atoms with Gasteiger partial charge in [-0.25, -0.2) is 0 Å². The molecule has 0 saturated carbocycles. The van der Waals surface area contributed by atoms with Gasteiger partial charge >= 0.3 is 0 Å². The van der Waals surface area contributed by atoms with Gasteiger partial charge in [0.05, 0.1) is 0 Å². The smallest absolute Gasteiger partial charge is 0.0456 e. The first-order valence-electron chi connectivity index (χ1n) is 2.28. The number of thiophene rings is 2. The van der Waals surface area contributed by atoms with Crippen molar-refractivity contribution in [3.63, 3.8) is 0 Å². The monoisotopic (exact) mass is 139 g/mol. The zero-order valence-corrected chi connectivity index (χ0v) is 5.68. The minimum atomic E-state index is 1.26. The Balaban J connectivity index is 3.06. The first-order valence-corrected chi connectivity index (χ1v) is 4.10. The molecule has 1 radical (unpaired) electrons. The van der Waals surface area contributed by atoms with E-state index in [-0.39, 0.29) is 0 Å². The lowest BCUT2D eigenvalue weighted by Crippen LogP contribution is -1.38. The van der Waals surface area contributed by atoms with E-state index in [0.29, 0.717) is 0 Å². The molecule has 2 aromatic heterocycles. The standard InChI is InChI=1S/C6H3S2/c1-2-8-6-4-7-3-5(1)6/h2-4H. The molecule has 0 spiro atoms. The van der Waals surface area contributed by atoms with Gasteiger partial charge in [-0.2, -0.15) is 11.3 Å². The zero-order valence-electron chi connectivity index (χ0n) is 4.05. The summed E-state index contributed by atoms with van der Waals surface area (Å²) in [6.07, 6.45) is 0. The molecule has 0 saturated heterocycles. The number of hydrogen-bond acceptors (Lipinski definition) is 2. The number of hydrogen-bond donors (Lipinski definition) is 0. The molecule has 2 rings (SSSR count). The molecule has 8 heavy (non-hydrogen) atoms. The van der Waals surface area contributed by atoms with Gasteiger partial charge in [-0.05, 0) is 5.38 Å². The average Bonchev–Trinajstić information content (AvgIpc) is 2.15. The Morgan fingerprint density at radius 1 is 1.38 bits per heavy atom. The molecular formula is C6H3S2. The van der Waals surface area contributed by atoms with Crippen molar-refractivity contribution in [1.29, 1.82) is 0 Å².